The molecule has 0 bridgehead atoms. The van der Waals surface area contributed by atoms with E-state index in [0.29, 0.717) is 75.3 Å². The maximum Gasteiger partial charge on any atom is 0.255 e. The van der Waals surface area contributed by atoms with Crippen LogP contribution in [0.15, 0.2) is 73.3 Å². The first-order valence-corrected chi connectivity index (χ1v) is 24.0. The molecule has 9 rings (SSSR count). The minimum Gasteiger partial charge on any atom is -0.387 e. The number of carbonyl (C=O) groups excluding carboxylic acids is 2. The maximum absolute atomic E-state index is 14.3. The molecule has 1 saturated heterocycles. The number of hydrogen-bond acceptors (Lipinski definition) is 15. The number of rotatable bonds is 18. The van der Waals surface area contributed by atoms with Gasteiger partial charge in [-0.15, -0.1) is 12.4 Å². The van der Waals surface area contributed by atoms with Crippen LogP contribution in [-0.2, 0) is 4.74 Å². The number of nitrogens with zero attached hydrogens (tertiary/aromatic N) is 8. The van der Waals surface area contributed by atoms with Gasteiger partial charge >= 0.3 is 0 Å². The first kappa shape index (κ1) is 53.9. The zero-order valence-corrected chi connectivity index (χ0v) is 41.8. The third-order valence-electron chi connectivity index (χ3n) is 13.4. The summed E-state index contributed by atoms with van der Waals surface area (Å²) in [5.74, 6) is 0.0277. The van der Waals surface area contributed by atoms with Crippen LogP contribution in [0.2, 0.25) is 0 Å². The molecule has 0 radical (unpaired) electrons. The summed E-state index contributed by atoms with van der Waals surface area (Å²) < 4.78 is 37.0. The molecule has 22 heteroatoms. The van der Waals surface area contributed by atoms with E-state index in [9.17, 15) is 28.6 Å². The van der Waals surface area contributed by atoms with Crippen LogP contribution in [0.4, 0.5) is 20.2 Å². The number of hydrogen-bond donors (Lipinski definition) is 8. The molecule has 6 aromatic heterocycles. The second kappa shape index (κ2) is 22.9. The topological polar surface area (TPSA) is 278 Å². The number of halogens is 3. The van der Waals surface area contributed by atoms with Gasteiger partial charge in [-0.2, -0.15) is 20.7 Å². The lowest BCUT2D eigenvalue weighted by Gasteiger charge is -2.39. The van der Waals surface area contributed by atoms with Gasteiger partial charge in [-0.3, -0.25) is 19.6 Å². The SMILES string of the molecule is CC(C)(O)[C@H](F)CNC(=O)c1cnc(-c2ccc3cc(C#N)cnn23)cc1NC1CC(CN)C1.CC(C)(O)[C@H](F)CNC(=O)c1cnc(-c2ccc3cc(C#N)cnn23)cc1NC1CC(CNC2COC2)C1.Cl. The van der Waals surface area contributed by atoms with Crippen molar-refractivity contribution in [2.24, 2.45) is 17.6 Å². The van der Waals surface area contributed by atoms with Crippen molar-refractivity contribution in [1.29, 1.82) is 10.5 Å². The molecule has 2 saturated carbocycles. The number of aromatic nitrogens is 6. The summed E-state index contributed by atoms with van der Waals surface area (Å²) in [5.41, 5.74) is 9.39. The summed E-state index contributed by atoms with van der Waals surface area (Å²) >= 11 is 0. The summed E-state index contributed by atoms with van der Waals surface area (Å²) in [5, 5.41) is 62.2. The fourth-order valence-corrected chi connectivity index (χ4v) is 8.55. The zero-order chi connectivity index (χ0) is 51.3. The monoisotopic (exact) mass is 1020 g/mol. The summed E-state index contributed by atoms with van der Waals surface area (Å²) in [6.07, 6.45) is 6.36. The lowest BCUT2D eigenvalue weighted by molar-refractivity contribution is -0.00807. The van der Waals surface area contributed by atoms with E-state index in [-0.39, 0.29) is 43.1 Å². The predicted molar refractivity (Wildman–Crippen MR) is 273 cm³/mol. The summed E-state index contributed by atoms with van der Waals surface area (Å²) in [6.45, 7) is 7.88. The van der Waals surface area contributed by atoms with Crippen LogP contribution in [0.25, 0.3) is 33.8 Å². The van der Waals surface area contributed by atoms with Crippen molar-refractivity contribution in [3.8, 4) is 34.9 Å². The van der Waals surface area contributed by atoms with Crippen molar-refractivity contribution in [2.75, 3.05) is 50.0 Å². The number of nitrogens with two attached hydrogens (primary N) is 1. The van der Waals surface area contributed by atoms with Crippen molar-refractivity contribution in [2.45, 2.75) is 95.0 Å². The molecule has 0 spiro atoms. The van der Waals surface area contributed by atoms with Gasteiger partial charge in [0.15, 0.2) is 0 Å². The van der Waals surface area contributed by atoms with E-state index in [1.165, 1.54) is 52.5 Å². The number of fused-ring (bicyclic) bond motifs is 2. The van der Waals surface area contributed by atoms with Crippen LogP contribution in [0.3, 0.4) is 0 Å². The van der Waals surface area contributed by atoms with Crippen molar-refractivity contribution in [1.82, 2.24) is 45.1 Å². The van der Waals surface area contributed by atoms with Crippen LogP contribution >= 0.6 is 12.4 Å². The standard InChI is InChI=1S/C27H32FN7O3.C24H28FN7O2.ClH/c1-27(2,37)25(28)13-32-26(36)21-12-31-23(24-4-3-20-7-17(9-29)11-33-35(20)24)8-22(21)34-18-5-16(6-18)10-30-19-14-38-15-19;1-24(2,34)22(25)13-29-23(33)18-12-28-20(8-19(18)31-16-5-14(6-16)9-26)21-4-3-17-7-15(10-27)11-30-32(17)21;/h3-4,7-8,11-12,16,18-19,25,30,37H,5-6,10,13-15H2,1-2H3,(H,31,34)(H,32,36);3-4,7-8,11-12,14,16,22,34H,5-6,9,13,26H2,1-2H3,(H,28,31)(H,29,33);1H/t16?,18?,25-;14?,16?,22-;/m11./s1. The Kier molecular flexibility index (Phi) is 16.9. The number of nitrogens with one attached hydrogen (secondary N) is 5. The van der Waals surface area contributed by atoms with Crippen molar-refractivity contribution < 1.29 is 33.3 Å². The molecule has 6 aromatic rings. The Morgan fingerprint density at radius 3 is 1.55 bits per heavy atom. The van der Waals surface area contributed by atoms with E-state index in [4.69, 9.17) is 21.0 Å². The number of aliphatic hydroxyl groups is 2. The minimum absolute atomic E-state index is 0. The Balaban J connectivity index is 0.000000212. The van der Waals surface area contributed by atoms with Crippen molar-refractivity contribution in [3.05, 3.63) is 95.6 Å². The maximum atomic E-state index is 14.3. The molecule has 2 amide bonds. The van der Waals surface area contributed by atoms with E-state index in [1.807, 2.05) is 24.3 Å². The average Bonchev–Trinajstić information content (AvgIpc) is 3.95. The highest BCUT2D eigenvalue weighted by Gasteiger charge is 2.33. The second-order valence-electron chi connectivity index (χ2n) is 20.0. The molecule has 3 aliphatic rings. The normalized spacial score (nSPS) is 19.3. The molecular formula is C51H61ClF2N14O5. The number of ether oxygens (including phenoxy) is 1. The number of anilines is 2. The van der Waals surface area contributed by atoms with E-state index >= 15 is 0 Å². The number of pyridine rings is 2. The van der Waals surface area contributed by atoms with Gasteiger partial charge < -0.3 is 47.3 Å². The van der Waals surface area contributed by atoms with Crippen LogP contribution in [-0.4, -0.2) is 132 Å². The molecule has 2 aliphatic carbocycles. The Morgan fingerprint density at radius 1 is 0.726 bits per heavy atom. The number of alkyl halides is 2. The van der Waals surface area contributed by atoms with Gasteiger partial charge in [0.2, 0.25) is 0 Å². The van der Waals surface area contributed by atoms with Gasteiger partial charge in [0.1, 0.15) is 24.5 Å². The molecule has 1 aliphatic heterocycles. The van der Waals surface area contributed by atoms with Gasteiger partial charge in [0.05, 0.1) is 123 Å². The average molecular weight is 1020 g/mol. The highest BCUT2D eigenvalue weighted by molar-refractivity contribution is 6.00. The molecule has 0 unspecified atom stereocenters. The smallest absolute Gasteiger partial charge is 0.255 e. The first-order chi connectivity index (χ1) is 34.4. The summed E-state index contributed by atoms with van der Waals surface area (Å²) in [4.78, 5) is 34.9. The molecule has 7 heterocycles. The number of carbonyl (C=O) groups is 2. The van der Waals surface area contributed by atoms with Crippen LogP contribution < -0.4 is 32.3 Å². The third kappa shape index (κ3) is 12.9. The van der Waals surface area contributed by atoms with E-state index < -0.39 is 35.4 Å². The Labute approximate surface area is 427 Å². The summed E-state index contributed by atoms with van der Waals surface area (Å²) in [7, 11) is 0. The van der Waals surface area contributed by atoms with Crippen molar-refractivity contribution in [3.63, 3.8) is 0 Å². The van der Waals surface area contributed by atoms with Gasteiger partial charge in [0, 0.05) is 24.5 Å². The molecule has 2 atom stereocenters. The summed E-state index contributed by atoms with van der Waals surface area (Å²) in [6, 6.07) is 19.4. The lowest BCUT2D eigenvalue weighted by atomic mass is 9.80. The van der Waals surface area contributed by atoms with Gasteiger partial charge in [0.25, 0.3) is 11.8 Å². The highest BCUT2D eigenvalue weighted by Crippen LogP contribution is 2.34. The van der Waals surface area contributed by atoms with E-state index in [1.54, 1.807) is 33.3 Å². The lowest BCUT2D eigenvalue weighted by Crippen LogP contribution is -2.50. The van der Waals surface area contributed by atoms with Gasteiger partial charge in [-0.05, 0) is 127 Å². The van der Waals surface area contributed by atoms with Crippen LogP contribution in [0.1, 0.15) is 85.2 Å². The fourth-order valence-electron chi connectivity index (χ4n) is 8.55. The van der Waals surface area contributed by atoms with Crippen LogP contribution in [0, 0.1) is 34.5 Å². The highest BCUT2D eigenvalue weighted by atomic mass is 35.5. The molecule has 19 nitrogen and oxygen atoms in total. The Bertz CT molecular complexity index is 3000. The Hall–Kier alpha value is -6.85. The van der Waals surface area contributed by atoms with E-state index in [0.717, 1.165) is 56.5 Å². The number of amides is 2. The molecule has 0 aromatic carbocycles. The van der Waals surface area contributed by atoms with Crippen LogP contribution in [0.5, 0.6) is 0 Å². The third-order valence-corrected chi connectivity index (χ3v) is 13.4. The first-order valence-electron chi connectivity index (χ1n) is 24.0. The minimum atomic E-state index is -1.62. The van der Waals surface area contributed by atoms with Gasteiger partial charge in [-0.1, -0.05) is 0 Å². The Morgan fingerprint density at radius 2 is 1.16 bits per heavy atom. The quantitative estimate of drug-likeness (QED) is 0.0565. The molecular weight excluding hydrogens is 962 g/mol. The second-order valence-corrected chi connectivity index (χ2v) is 20.0. The fraction of sp³-hybridized carbons (Fsp3) is 0.451. The molecule has 386 valence electrons. The van der Waals surface area contributed by atoms with Gasteiger partial charge in [-0.25, -0.2) is 17.8 Å². The van der Waals surface area contributed by atoms with Crippen molar-refractivity contribution >= 4 is 46.6 Å². The van der Waals surface area contributed by atoms with E-state index in [2.05, 4.69) is 58.9 Å². The number of nitriles is 2. The largest absolute Gasteiger partial charge is 0.387 e. The predicted octanol–water partition coefficient (Wildman–Crippen LogP) is 4.96. The molecule has 3 fully saturated rings. The zero-order valence-electron chi connectivity index (χ0n) is 41.0. The molecule has 9 N–H and O–H groups in total. The molecule has 73 heavy (non-hydrogen) atoms.